The summed E-state index contributed by atoms with van der Waals surface area (Å²) in [5.74, 6) is 0. The van der Waals surface area contributed by atoms with Crippen molar-refractivity contribution in [1.82, 2.24) is 15.2 Å². The molecule has 1 aromatic carbocycles. The summed E-state index contributed by atoms with van der Waals surface area (Å²) >= 11 is 5.30. The molecular formula is C14H18BrN3S. The summed E-state index contributed by atoms with van der Waals surface area (Å²) in [4.78, 5) is 6.88. The molecule has 0 saturated heterocycles. The molecule has 0 atom stereocenters. The molecule has 2 rings (SSSR count). The van der Waals surface area contributed by atoms with Crippen molar-refractivity contribution in [2.24, 2.45) is 0 Å². The summed E-state index contributed by atoms with van der Waals surface area (Å²) in [6.07, 6.45) is 0. The Morgan fingerprint density at radius 2 is 2.11 bits per heavy atom. The van der Waals surface area contributed by atoms with Gasteiger partial charge < -0.3 is 5.32 Å². The number of thiazole rings is 1. The third-order valence-electron chi connectivity index (χ3n) is 2.76. The quantitative estimate of drug-likeness (QED) is 0.875. The van der Waals surface area contributed by atoms with Crippen molar-refractivity contribution >= 4 is 27.3 Å². The van der Waals surface area contributed by atoms with E-state index in [-0.39, 0.29) is 0 Å². The molecule has 19 heavy (non-hydrogen) atoms. The maximum absolute atomic E-state index is 4.61. The van der Waals surface area contributed by atoms with E-state index >= 15 is 0 Å². The van der Waals surface area contributed by atoms with Crippen LogP contribution in [0, 0.1) is 0 Å². The van der Waals surface area contributed by atoms with Gasteiger partial charge in [-0.15, -0.1) is 11.3 Å². The number of nitrogens with zero attached hydrogens (tertiary/aromatic N) is 2. The predicted octanol–water partition coefficient (Wildman–Crippen LogP) is 3.26. The Kier molecular flexibility index (Phi) is 5.51. The first-order valence-corrected chi connectivity index (χ1v) is 7.86. The van der Waals surface area contributed by atoms with E-state index in [9.17, 15) is 0 Å². The van der Waals surface area contributed by atoms with E-state index in [1.807, 2.05) is 13.1 Å². The maximum Gasteiger partial charge on any atom is 0.107 e. The fourth-order valence-corrected chi connectivity index (χ4v) is 3.11. The van der Waals surface area contributed by atoms with Gasteiger partial charge in [0, 0.05) is 29.5 Å². The molecule has 0 aliphatic carbocycles. The highest BCUT2D eigenvalue weighted by Gasteiger charge is 2.07. The third kappa shape index (κ3) is 4.38. The van der Waals surface area contributed by atoms with Crippen molar-refractivity contribution < 1.29 is 0 Å². The van der Waals surface area contributed by atoms with Crippen LogP contribution in [-0.4, -0.2) is 24.0 Å². The Morgan fingerprint density at radius 1 is 1.32 bits per heavy atom. The largest absolute Gasteiger partial charge is 0.314 e. The number of benzene rings is 1. The van der Waals surface area contributed by atoms with Crippen LogP contribution in [0.3, 0.4) is 0 Å². The second-order valence-electron chi connectivity index (χ2n) is 4.53. The molecule has 3 nitrogen and oxygen atoms in total. The Morgan fingerprint density at radius 3 is 2.84 bits per heavy atom. The topological polar surface area (TPSA) is 28.2 Å². The second-order valence-corrected chi connectivity index (χ2v) is 6.32. The van der Waals surface area contributed by atoms with Crippen LogP contribution in [0.15, 0.2) is 34.1 Å². The van der Waals surface area contributed by atoms with Gasteiger partial charge in [-0.1, -0.05) is 34.1 Å². The van der Waals surface area contributed by atoms with Gasteiger partial charge in [0.15, 0.2) is 0 Å². The number of rotatable bonds is 6. The number of nitrogens with one attached hydrogen (secondary N) is 1. The zero-order valence-corrected chi connectivity index (χ0v) is 13.6. The van der Waals surface area contributed by atoms with E-state index in [2.05, 4.69) is 61.8 Å². The van der Waals surface area contributed by atoms with Crippen LogP contribution in [0.4, 0.5) is 0 Å². The van der Waals surface area contributed by atoms with Crippen molar-refractivity contribution in [3.8, 4) is 0 Å². The zero-order chi connectivity index (χ0) is 13.7. The minimum atomic E-state index is 0.846. The molecule has 0 saturated carbocycles. The lowest BCUT2D eigenvalue weighted by atomic mass is 10.2. The van der Waals surface area contributed by atoms with Crippen LogP contribution in [-0.2, 0) is 19.6 Å². The highest BCUT2D eigenvalue weighted by atomic mass is 79.9. The van der Waals surface area contributed by atoms with E-state index in [4.69, 9.17) is 0 Å². The van der Waals surface area contributed by atoms with Crippen molar-refractivity contribution in [2.45, 2.75) is 19.6 Å². The lowest BCUT2D eigenvalue weighted by Gasteiger charge is -2.16. The first kappa shape index (κ1) is 14.7. The maximum atomic E-state index is 4.61. The van der Waals surface area contributed by atoms with E-state index in [0.717, 1.165) is 34.8 Å². The van der Waals surface area contributed by atoms with Gasteiger partial charge in [-0.3, -0.25) is 4.90 Å². The third-order valence-corrected chi connectivity index (χ3v) is 4.43. The lowest BCUT2D eigenvalue weighted by molar-refractivity contribution is 0.315. The molecular weight excluding hydrogens is 322 g/mol. The van der Waals surface area contributed by atoms with Gasteiger partial charge in [0.1, 0.15) is 5.01 Å². The molecule has 1 N–H and O–H groups in total. The van der Waals surface area contributed by atoms with Gasteiger partial charge >= 0.3 is 0 Å². The number of hydrogen-bond acceptors (Lipinski definition) is 4. The summed E-state index contributed by atoms with van der Waals surface area (Å²) in [5.41, 5.74) is 2.44. The van der Waals surface area contributed by atoms with Crippen molar-refractivity contribution in [1.29, 1.82) is 0 Å². The van der Waals surface area contributed by atoms with Gasteiger partial charge in [-0.25, -0.2) is 4.98 Å². The smallest absolute Gasteiger partial charge is 0.107 e. The summed E-state index contributed by atoms with van der Waals surface area (Å²) < 4.78 is 1.16. The van der Waals surface area contributed by atoms with Crippen molar-refractivity contribution in [3.05, 3.63) is 50.4 Å². The molecule has 0 aliphatic heterocycles. The van der Waals surface area contributed by atoms with Gasteiger partial charge in [0.2, 0.25) is 0 Å². The summed E-state index contributed by atoms with van der Waals surface area (Å²) in [5, 5.41) is 6.41. The summed E-state index contributed by atoms with van der Waals surface area (Å²) in [6, 6.07) is 8.34. The van der Waals surface area contributed by atoms with Crippen LogP contribution in [0.1, 0.15) is 16.3 Å². The molecule has 0 spiro atoms. The Balaban J connectivity index is 1.93. The summed E-state index contributed by atoms with van der Waals surface area (Å²) in [7, 11) is 4.07. The van der Waals surface area contributed by atoms with Crippen LogP contribution >= 0.6 is 27.3 Å². The van der Waals surface area contributed by atoms with Crippen LogP contribution in [0.2, 0.25) is 0 Å². The molecule has 5 heteroatoms. The van der Waals surface area contributed by atoms with Crippen LogP contribution < -0.4 is 5.32 Å². The number of aromatic nitrogens is 1. The molecule has 2 aromatic rings. The van der Waals surface area contributed by atoms with E-state index in [1.165, 1.54) is 5.56 Å². The van der Waals surface area contributed by atoms with Crippen LogP contribution in [0.25, 0.3) is 0 Å². The minimum absolute atomic E-state index is 0.846. The molecule has 1 aromatic heterocycles. The Labute approximate surface area is 126 Å². The standard InChI is InChI=1S/C14H18BrN3S/c1-16-7-14-17-12(10-19-14)9-18(2)8-11-5-3-4-6-13(11)15/h3-6,10,16H,7-9H2,1-2H3. The van der Waals surface area contributed by atoms with Gasteiger partial charge in [-0.05, 0) is 25.7 Å². The van der Waals surface area contributed by atoms with Gasteiger partial charge in [0.05, 0.1) is 5.69 Å². The molecule has 0 radical (unpaired) electrons. The monoisotopic (exact) mass is 339 g/mol. The van der Waals surface area contributed by atoms with Crippen molar-refractivity contribution in [3.63, 3.8) is 0 Å². The molecule has 0 unspecified atom stereocenters. The average molecular weight is 340 g/mol. The van der Waals surface area contributed by atoms with Crippen molar-refractivity contribution in [2.75, 3.05) is 14.1 Å². The van der Waals surface area contributed by atoms with Gasteiger partial charge in [-0.2, -0.15) is 0 Å². The molecule has 0 aliphatic rings. The minimum Gasteiger partial charge on any atom is -0.314 e. The molecule has 102 valence electrons. The zero-order valence-electron chi connectivity index (χ0n) is 11.2. The normalized spacial score (nSPS) is 11.2. The average Bonchev–Trinajstić information content (AvgIpc) is 2.80. The highest BCUT2D eigenvalue weighted by molar-refractivity contribution is 9.10. The molecule has 0 fully saturated rings. The Bertz CT molecular complexity index is 527. The molecule has 0 bridgehead atoms. The first-order valence-electron chi connectivity index (χ1n) is 6.19. The van der Waals surface area contributed by atoms with Crippen LogP contribution in [0.5, 0.6) is 0 Å². The SMILES string of the molecule is CNCc1nc(CN(C)Cc2ccccc2Br)cs1. The highest BCUT2D eigenvalue weighted by Crippen LogP contribution is 2.18. The first-order chi connectivity index (χ1) is 9.19. The Hall–Kier alpha value is -0.750. The summed E-state index contributed by atoms with van der Waals surface area (Å²) in [6.45, 7) is 2.64. The fourth-order valence-electron chi connectivity index (χ4n) is 1.90. The lowest BCUT2D eigenvalue weighted by Crippen LogP contribution is -2.17. The van der Waals surface area contributed by atoms with E-state index in [0.29, 0.717) is 0 Å². The van der Waals surface area contributed by atoms with Gasteiger partial charge in [0.25, 0.3) is 0 Å². The van der Waals surface area contributed by atoms with E-state index in [1.54, 1.807) is 11.3 Å². The molecule has 1 heterocycles. The number of halogens is 1. The predicted molar refractivity (Wildman–Crippen MR) is 84.2 cm³/mol. The second kappa shape index (κ2) is 7.14. The molecule has 0 amide bonds. The fraction of sp³-hybridized carbons (Fsp3) is 0.357. The van der Waals surface area contributed by atoms with E-state index < -0.39 is 0 Å². The number of hydrogen-bond donors (Lipinski definition) is 1.